The molecule has 0 heterocycles. The third kappa shape index (κ3) is 4.86. The average molecular weight is 319 g/mol. The van der Waals surface area contributed by atoms with Crippen LogP contribution in [0.5, 0.6) is 0 Å². The summed E-state index contributed by atoms with van der Waals surface area (Å²) >= 11 is 5.88. The Kier molecular flexibility index (Phi) is 5.99. The molecule has 0 radical (unpaired) electrons. The molecule has 0 bridgehead atoms. The molecule has 0 aliphatic rings. The molecule has 0 saturated heterocycles. The van der Waals surface area contributed by atoms with Gasteiger partial charge in [-0.25, -0.2) is 0 Å². The van der Waals surface area contributed by atoms with Crippen LogP contribution in [0.25, 0.3) is 11.1 Å². The van der Waals surface area contributed by atoms with Gasteiger partial charge >= 0.3 is 5.97 Å². The van der Waals surface area contributed by atoms with Crippen molar-refractivity contribution in [2.24, 2.45) is 0 Å². The van der Waals surface area contributed by atoms with Crippen LogP contribution in [0, 0.1) is 0 Å². The molecular formula is C18H19ClO3. The molecule has 1 atom stereocenters. The van der Waals surface area contributed by atoms with Gasteiger partial charge in [-0.05, 0) is 48.1 Å². The smallest absolute Gasteiger partial charge is 0.303 e. The zero-order valence-electron chi connectivity index (χ0n) is 12.2. The van der Waals surface area contributed by atoms with Gasteiger partial charge in [0.05, 0.1) is 6.10 Å². The van der Waals surface area contributed by atoms with Gasteiger partial charge in [0, 0.05) is 11.4 Å². The lowest BCUT2D eigenvalue weighted by Crippen LogP contribution is -1.99. The van der Waals surface area contributed by atoms with E-state index >= 15 is 0 Å². The van der Waals surface area contributed by atoms with Crippen molar-refractivity contribution in [1.29, 1.82) is 0 Å². The van der Waals surface area contributed by atoms with Crippen molar-refractivity contribution in [1.82, 2.24) is 0 Å². The molecule has 0 aliphatic carbocycles. The van der Waals surface area contributed by atoms with E-state index in [9.17, 15) is 9.90 Å². The highest BCUT2D eigenvalue weighted by Crippen LogP contribution is 2.25. The molecule has 2 aromatic carbocycles. The number of hydrogen-bond acceptors (Lipinski definition) is 2. The average Bonchev–Trinajstić information content (AvgIpc) is 2.52. The zero-order chi connectivity index (χ0) is 15.9. The lowest BCUT2D eigenvalue weighted by molar-refractivity contribution is -0.137. The molecule has 0 unspecified atom stereocenters. The van der Waals surface area contributed by atoms with Gasteiger partial charge < -0.3 is 10.2 Å². The summed E-state index contributed by atoms with van der Waals surface area (Å²) in [5.74, 6) is -0.790. The Morgan fingerprint density at radius 2 is 1.50 bits per heavy atom. The topological polar surface area (TPSA) is 57.5 Å². The van der Waals surface area contributed by atoms with Gasteiger partial charge in [-0.15, -0.1) is 0 Å². The van der Waals surface area contributed by atoms with E-state index < -0.39 is 12.1 Å². The zero-order valence-corrected chi connectivity index (χ0v) is 13.0. The molecule has 4 heteroatoms. The fourth-order valence-corrected chi connectivity index (χ4v) is 2.45. The SMILES string of the molecule is O=C(O)CCCC[C@H](O)c1ccc(-c2ccc(Cl)cc2)cc1. The Morgan fingerprint density at radius 3 is 2.05 bits per heavy atom. The quantitative estimate of drug-likeness (QED) is 0.728. The second-order valence-corrected chi connectivity index (χ2v) is 5.72. The standard InChI is InChI=1S/C18H19ClO3/c19-16-11-9-14(10-12-16)13-5-7-15(8-6-13)17(20)3-1-2-4-18(21)22/h5-12,17,20H,1-4H2,(H,21,22)/t17-/m0/s1. The van der Waals surface area contributed by atoms with Crippen LogP contribution in [0.2, 0.25) is 5.02 Å². The second kappa shape index (κ2) is 7.97. The number of aliphatic hydroxyl groups excluding tert-OH is 1. The van der Waals surface area contributed by atoms with E-state index in [0.29, 0.717) is 24.3 Å². The maximum atomic E-state index is 10.4. The minimum Gasteiger partial charge on any atom is -0.481 e. The third-order valence-corrected chi connectivity index (χ3v) is 3.84. The number of benzene rings is 2. The van der Waals surface area contributed by atoms with Gasteiger partial charge in [-0.1, -0.05) is 48.0 Å². The summed E-state index contributed by atoms with van der Waals surface area (Å²) in [6.07, 6.45) is 1.48. The summed E-state index contributed by atoms with van der Waals surface area (Å²) in [6, 6.07) is 15.4. The Hall–Kier alpha value is -1.84. The lowest BCUT2D eigenvalue weighted by atomic mass is 9.99. The number of carboxylic acid groups (broad SMARTS) is 1. The van der Waals surface area contributed by atoms with Crippen LogP contribution in [0.15, 0.2) is 48.5 Å². The molecule has 0 aliphatic heterocycles. The van der Waals surface area contributed by atoms with Crippen molar-refractivity contribution in [3.63, 3.8) is 0 Å². The molecule has 116 valence electrons. The maximum absolute atomic E-state index is 10.4. The lowest BCUT2D eigenvalue weighted by Gasteiger charge is -2.11. The van der Waals surface area contributed by atoms with Gasteiger partial charge in [0.15, 0.2) is 0 Å². The number of hydrogen-bond donors (Lipinski definition) is 2. The minimum absolute atomic E-state index is 0.155. The molecule has 0 amide bonds. The van der Waals surface area contributed by atoms with Crippen molar-refractivity contribution in [3.8, 4) is 11.1 Å². The highest BCUT2D eigenvalue weighted by molar-refractivity contribution is 6.30. The normalized spacial score (nSPS) is 12.1. The van der Waals surface area contributed by atoms with Crippen LogP contribution in [0.1, 0.15) is 37.4 Å². The number of rotatable bonds is 7. The molecule has 0 saturated carbocycles. The van der Waals surface area contributed by atoms with E-state index in [-0.39, 0.29) is 6.42 Å². The van der Waals surface area contributed by atoms with Gasteiger partial charge in [-0.3, -0.25) is 4.79 Å². The van der Waals surface area contributed by atoms with Crippen molar-refractivity contribution in [3.05, 3.63) is 59.1 Å². The van der Waals surface area contributed by atoms with E-state index in [4.69, 9.17) is 16.7 Å². The Labute approximate surface area is 135 Å². The molecule has 2 aromatic rings. The van der Waals surface area contributed by atoms with E-state index in [2.05, 4.69) is 0 Å². The number of carbonyl (C=O) groups is 1. The largest absolute Gasteiger partial charge is 0.481 e. The van der Waals surface area contributed by atoms with Crippen molar-refractivity contribution >= 4 is 17.6 Å². The maximum Gasteiger partial charge on any atom is 0.303 e. The Morgan fingerprint density at radius 1 is 0.955 bits per heavy atom. The molecular weight excluding hydrogens is 300 g/mol. The first-order valence-corrected chi connectivity index (χ1v) is 7.70. The Bertz CT molecular complexity index is 605. The Balaban J connectivity index is 1.93. The van der Waals surface area contributed by atoms with Gasteiger partial charge in [0.2, 0.25) is 0 Å². The summed E-state index contributed by atoms with van der Waals surface area (Å²) in [4.78, 5) is 10.4. The predicted octanol–water partition coefficient (Wildman–Crippen LogP) is 4.69. The molecule has 3 nitrogen and oxygen atoms in total. The van der Waals surface area contributed by atoms with Crippen molar-refractivity contribution in [2.45, 2.75) is 31.8 Å². The molecule has 2 rings (SSSR count). The van der Waals surface area contributed by atoms with Crippen LogP contribution in [0.4, 0.5) is 0 Å². The molecule has 0 spiro atoms. The first-order chi connectivity index (χ1) is 10.6. The number of aliphatic carboxylic acids is 1. The monoisotopic (exact) mass is 318 g/mol. The first kappa shape index (κ1) is 16.5. The summed E-state index contributed by atoms with van der Waals surface area (Å²) in [5.41, 5.74) is 3.00. The predicted molar refractivity (Wildman–Crippen MR) is 88.0 cm³/mol. The van der Waals surface area contributed by atoms with Crippen molar-refractivity contribution in [2.75, 3.05) is 0 Å². The summed E-state index contributed by atoms with van der Waals surface area (Å²) < 4.78 is 0. The van der Waals surface area contributed by atoms with Gasteiger partial charge in [0.1, 0.15) is 0 Å². The highest BCUT2D eigenvalue weighted by atomic mass is 35.5. The van der Waals surface area contributed by atoms with Crippen LogP contribution in [0.3, 0.4) is 0 Å². The fraction of sp³-hybridized carbons (Fsp3) is 0.278. The number of aliphatic hydroxyl groups is 1. The van der Waals surface area contributed by atoms with Crippen LogP contribution >= 0.6 is 11.6 Å². The van der Waals surface area contributed by atoms with Gasteiger partial charge in [-0.2, -0.15) is 0 Å². The van der Waals surface area contributed by atoms with E-state index in [1.807, 2.05) is 48.5 Å². The fourth-order valence-electron chi connectivity index (χ4n) is 2.32. The first-order valence-electron chi connectivity index (χ1n) is 7.32. The van der Waals surface area contributed by atoms with E-state index in [0.717, 1.165) is 16.7 Å². The van der Waals surface area contributed by atoms with Crippen molar-refractivity contribution < 1.29 is 15.0 Å². The molecule has 0 aromatic heterocycles. The number of carboxylic acids is 1. The van der Waals surface area contributed by atoms with Crippen LogP contribution in [-0.2, 0) is 4.79 Å². The third-order valence-electron chi connectivity index (χ3n) is 3.59. The molecule has 0 fully saturated rings. The minimum atomic E-state index is -0.790. The van der Waals surface area contributed by atoms with E-state index in [1.54, 1.807) is 0 Å². The van der Waals surface area contributed by atoms with Crippen LogP contribution in [-0.4, -0.2) is 16.2 Å². The highest BCUT2D eigenvalue weighted by Gasteiger charge is 2.08. The summed E-state index contributed by atoms with van der Waals surface area (Å²) in [5, 5.41) is 19.4. The van der Waals surface area contributed by atoms with Crippen LogP contribution < -0.4 is 0 Å². The molecule has 22 heavy (non-hydrogen) atoms. The number of unbranched alkanes of at least 4 members (excludes halogenated alkanes) is 1. The summed E-state index contributed by atoms with van der Waals surface area (Å²) in [7, 11) is 0. The van der Waals surface area contributed by atoms with Gasteiger partial charge in [0.25, 0.3) is 0 Å². The molecule has 2 N–H and O–H groups in total. The van der Waals surface area contributed by atoms with E-state index in [1.165, 1.54) is 0 Å². The number of halogens is 1. The second-order valence-electron chi connectivity index (χ2n) is 5.28. The summed E-state index contributed by atoms with van der Waals surface area (Å²) in [6.45, 7) is 0.